The molecule has 2 N–H and O–H groups in total. The maximum absolute atomic E-state index is 11.4. The highest BCUT2D eigenvalue weighted by molar-refractivity contribution is 6.20. The lowest BCUT2D eigenvalue weighted by molar-refractivity contribution is -0.126. The van der Waals surface area contributed by atoms with Gasteiger partial charge in [-0.3, -0.25) is 15.6 Å². The predicted molar refractivity (Wildman–Crippen MR) is 46.9 cm³/mol. The Kier molecular flexibility index (Phi) is 2.35. The SMILES string of the molecule is O=C1CNNC2CCC(Cl)CC12. The third-order valence-electron chi connectivity index (χ3n) is 2.75. The van der Waals surface area contributed by atoms with Crippen molar-refractivity contribution < 1.29 is 4.79 Å². The average molecular weight is 189 g/mol. The molecule has 0 aromatic rings. The standard InChI is InChI=1S/C8H13ClN2O/c9-5-1-2-7-6(3-5)8(12)4-10-11-7/h5-7,10-11H,1-4H2. The van der Waals surface area contributed by atoms with E-state index in [2.05, 4.69) is 10.9 Å². The monoisotopic (exact) mass is 188 g/mol. The lowest BCUT2D eigenvalue weighted by atomic mass is 9.81. The van der Waals surface area contributed by atoms with Gasteiger partial charge in [0.15, 0.2) is 5.78 Å². The molecule has 4 heteroatoms. The van der Waals surface area contributed by atoms with Gasteiger partial charge in [0.1, 0.15) is 0 Å². The van der Waals surface area contributed by atoms with Crippen molar-refractivity contribution in [3.63, 3.8) is 0 Å². The molecule has 2 fully saturated rings. The number of fused-ring (bicyclic) bond motifs is 1. The fourth-order valence-electron chi connectivity index (χ4n) is 2.05. The van der Waals surface area contributed by atoms with E-state index in [1.165, 1.54) is 0 Å². The Bertz CT molecular complexity index is 197. The van der Waals surface area contributed by atoms with E-state index >= 15 is 0 Å². The molecule has 0 bridgehead atoms. The van der Waals surface area contributed by atoms with Crippen LogP contribution < -0.4 is 10.9 Å². The molecule has 3 unspecified atom stereocenters. The van der Waals surface area contributed by atoms with Crippen molar-refractivity contribution in [3.05, 3.63) is 0 Å². The molecule has 0 amide bonds. The fraction of sp³-hybridized carbons (Fsp3) is 0.875. The third kappa shape index (κ3) is 1.49. The van der Waals surface area contributed by atoms with Crippen LogP contribution in [0.1, 0.15) is 19.3 Å². The van der Waals surface area contributed by atoms with Gasteiger partial charge in [0.2, 0.25) is 0 Å². The van der Waals surface area contributed by atoms with Crippen molar-refractivity contribution in [2.75, 3.05) is 6.54 Å². The summed E-state index contributed by atoms with van der Waals surface area (Å²) in [6, 6.07) is 0.321. The van der Waals surface area contributed by atoms with Gasteiger partial charge in [0.25, 0.3) is 0 Å². The van der Waals surface area contributed by atoms with Crippen LogP contribution in [-0.4, -0.2) is 23.7 Å². The molecule has 1 heterocycles. The Morgan fingerprint density at radius 3 is 3.08 bits per heavy atom. The molecule has 0 aromatic carbocycles. The van der Waals surface area contributed by atoms with Crippen molar-refractivity contribution in [1.29, 1.82) is 0 Å². The Balaban J connectivity index is 2.05. The Morgan fingerprint density at radius 2 is 2.25 bits per heavy atom. The Labute approximate surface area is 76.8 Å². The number of nitrogens with one attached hydrogen (secondary N) is 2. The van der Waals surface area contributed by atoms with Crippen LogP contribution in [0.25, 0.3) is 0 Å². The third-order valence-corrected chi connectivity index (χ3v) is 3.15. The zero-order valence-corrected chi connectivity index (χ0v) is 7.60. The topological polar surface area (TPSA) is 41.1 Å². The van der Waals surface area contributed by atoms with Crippen LogP contribution in [0.4, 0.5) is 0 Å². The van der Waals surface area contributed by atoms with Crippen LogP contribution in [-0.2, 0) is 4.79 Å². The molecule has 1 saturated carbocycles. The van der Waals surface area contributed by atoms with Crippen LogP contribution >= 0.6 is 11.6 Å². The van der Waals surface area contributed by atoms with E-state index < -0.39 is 0 Å². The Morgan fingerprint density at radius 1 is 1.42 bits per heavy atom. The molecule has 2 aliphatic rings. The van der Waals surface area contributed by atoms with Crippen LogP contribution in [0.3, 0.4) is 0 Å². The molecule has 2 rings (SSSR count). The minimum absolute atomic E-state index is 0.155. The highest BCUT2D eigenvalue weighted by Gasteiger charge is 2.36. The number of carbonyl (C=O) groups is 1. The zero-order chi connectivity index (χ0) is 8.55. The summed E-state index contributed by atoms with van der Waals surface area (Å²) in [5.74, 6) is 0.464. The van der Waals surface area contributed by atoms with Crippen molar-refractivity contribution in [3.8, 4) is 0 Å². The lowest BCUT2D eigenvalue weighted by Gasteiger charge is -2.37. The Hall–Kier alpha value is -0.120. The second-order valence-corrected chi connectivity index (χ2v) is 4.20. The minimum atomic E-state index is 0.155. The number of hydrogen-bond acceptors (Lipinski definition) is 3. The molecule has 0 aromatic heterocycles. The molecule has 3 atom stereocenters. The number of halogens is 1. The van der Waals surface area contributed by atoms with Crippen molar-refractivity contribution in [2.24, 2.45) is 5.92 Å². The van der Waals surface area contributed by atoms with Gasteiger partial charge in [-0.2, -0.15) is 0 Å². The van der Waals surface area contributed by atoms with Gasteiger partial charge in [0, 0.05) is 17.3 Å². The maximum atomic E-state index is 11.4. The molecule has 1 aliphatic carbocycles. The van der Waals surface area contributed by atoms with Crippen LogP contribution in [0, 0.1) is 5.92 Å². The van der Waals surface area contributed by atoms with E-state index in [1.807, 2.05) is 0 Å². The molecule has 68 valence electrons. The fourth-order valence-corrected chi connectivity index (χ4v) is 2.37. The molecule has 0 spiro atoms. The molecular weight excluding hydrogens is 176 g/mol. The van der Waals surface area contributed by atoms with E-state index in [0.717, 1.165) is 19.3 Å². The molecular formula is C8H13ClN2O. The first-order valence-electron chi connectivity index (χ1n) is 4.42. The van der Waals surface area contributed by atoms with Gasteiger partial charge < -0.3 is 0 Å². The zero-order valence-electron chi connectivity index (χ0n) is 6.85. The summed E-state index contributed by atoms with van der Waals surface area (Å²) in [5.41, 5.74) is 6.05. The van der Waals surface area contributed by atoms with E-state index in [0.29, 0.717) is 18.4 Å². The van der Waals surface area contributed by atoms with Crippen LogP contribution in [0.5, 0.6) is 0 Å². The highest BCUT2D eigenvalue weighted by atomic mass is 35.5. The smallest absolute Gasteiger partial charge is 0.152 e. The van der Waals surface area contributed by atoms with Gasteiger partial charge in [-0.1, -0.05) is 0 Å². The number of carbonyl (C=O) groups excluding carboxylic acids is 1. The highest BCUT2D eigenvalue weighted by Crippen LogP contribution is 2.29. The van der Waals surface area contributed by atoms with Gasteiger partial charge in [0.05, 0.1) is 6.54 Å². The van der Waals surface area contributed by atoms with E-state index in [-0.39, 0.29) is 11.3 Å². The molecule has 12 heavy (non-hydrogen) atoms. The van der Waals surface area contributed by atoms with Crippen molar-refractivity contribution in [1.82, 2.24) is 10.9 Å². The summed E-state index contributed by atoms with van der Waals surface area (Å²) in [5, 5.41) is 0.204. The van der Waals surface area contributed by atoms with Gasteiger partial charge in [-0.15, -0.1) is 11.6 Å². The predicted octanol–water partition coefficient (Wildman–Crippen LogP) is 0.439. The first-order valence-corrected chi connectivity index (χ1v) is 4.86. The van der Waals surface area contributed by atoms with Gasteiger partial charge >= 0.3 is 0 Å². The second-order valence-electron chi connectivity index (χ2n) is 3.59. The number of ketones is 1. The van der Waals surface area contributed by atoms with E-state index in [4.69, 9.17) is 11.6 Å². The van der Waals surface area contributed by atoms with Gasteiger partial charge in [-0.25, -0.2) is 0 Å². The van der Waals surface area contributed by atoms with Crippen molar-refractivity contribution in [2.45, 2.75) is 30.7 Å². The maximum Gasteiger partial charge on any atom is 0.152 e. The molecule has 1 saturated heterocycles. The molecule has 3 nitrogen and oxygen atoms in total. The largest absolute Gasteiger partial charge is 0.298 e. The number of hydrogen-bond donors (Lipinski definition) is 2. The van der Waals surface area contributed by atoms with Gasteiger partial charge in [-0.05, 0) is 19.3 Å². The van der Waals surface area contributed by atoms with Crippen molar-refractivity contribution >= 4 is 17.4 Å². The second kappa shape index (κ2) is 3.32. The first-order chi connectivity index (χ1) is 5.77. The van der Waals surface area contributed by atoms with E-state index in [9.17, 15) is 4.79 Å². The number of Topliss-reactive ketones (excluding diaryl/α,β-unsaturated/α-hetero) is 1. The summed E-state index contributed by atoms with van der Waals surface area (Å²) in [6.07, 6.45) is 2.88. The number of rotatable bonds is 0. The number of alkyl halides is 1. The summed E-state index contributed by atoms with van der Waals surface area (Å²) in [7, 11) is 0. The molecule has 0 radical (unpaired) electrons. The van der Waals surface area contributed by atoms with Crippen LogP contribution in [0.2, 0.25) is 0 Å². The quantitative estimate of drug-likeness (QED) is 0.542. The van der Waals surface area contributed by atoms with Crippen LogP contribution in [0.15, 0.2) is 0 Å². The normalized spacial score (nSPS) is 42.4. The summed E-state index contributed by atoms with van der Waals surface area (Å²) in [6.45, 7) is 0.449. The average Bonchev–Trinajstić information content (AvgIpc) is 2.07. The first kappa shape index (κ1) is 8.48. The summed E-state index contributed by atoms with van der Waals surface area (Å²) in [4.78, 5) is 11.4. The van der Waals surface area contributed by atoms with E-state index in [1.54, 1.807) is 0 Å². The summed E-state index contributed by atoms with van der Waals surface area (Å²) >= 11 is 6.00. The summed E-state index contributed by atoms with van der Waals surface area (Å²) < 4.78 is 0. The minimum Gasteiger partial charge on any atom is -0.298 e. The number of hydrazine groups is 1. The lowest BCUT2D eigenvalue weighted by Crippen LogP contribution is -2.57. The molecule has 1 aliphatic heterocycles.